The molecule has 0 spiro atoms. The molecule has 1 heterocycles. The number of rotatable bonds is 4. The molecule has 34 heavy (non-hydrogen) atoms. The quantitative estimate of drug-likeness (QED) is 0.387. The van der Waals surface area contributed by atoms with Crippen LogP contribution >= 0.6 is 11.8 Å². The van der Waals surface area contributed by atoms with E-state index in [1.165, 1.54) is 6.20 Å². The third kappa shape index (κ3) is 3.20. The monoisotopic (exact) mass is 483 g/mol. The molecule has 0 aliphatic heterocycles. The molecular weight excluding hydrogens is 450 g/mol. The SMILES string of the molecule is C[C@@H]1CC2C3CCC4=CC(=O)C=CC4(C)C3[C@@H](O)CC2(C)[C@@]1(O)C(=O)CSc1cccc[n+]1[O-]. The van der Waals surface area contributed by atoms with E-state index in [1.54, 1.807) is 30.4 Å². The first kappa shape index (κ1) is 23.8. The second kappa shape index (κ2) is 8.04. The zero-order chi connectivity index (χ0) is 24.5. The van der Waals surface area contributed by atoms with Crippen molar-refractivity contribution in [2.75, 3.05) is 5.75 Å². The molecule has 8 atom stereocenters. The van der Waals surface area contributed by atoms with Crippen LogP contribution in [0.15, 0.2) is 53.2 Å². The van der Waals surface area contributed by atoms with Gasteiger partial charge in [-0.15, -0.1) is 0 Å². The number of aromatic nitrogens is 1. The lowest BCUT2D eigenvalue weighted by Crippen LogP contribution is -2.62. The Kier molecular flexibility index (Phi) is 5.62. The van der Waals surface area contributed by atoms with Crippen molar-refractivity contribution in [3.05, 3.63) is 53.4 Å². The van der Waals surface area contributed by atoms with E-state index in [9.17, 15) is 25.0 Å². The molecule has 4 aliphatic rings. The predicted octanol–water partition coefficient (Wildman–Crippen LogP) is 3.24. The summed E-state index contributed by atoms with van der Waals surface area (Å²) in [6.45, 7) is 6.04. The first-order chi connectivity index (χ1) is 16.0. The number of allylic oxidation sites excluding steroid dienone is 4. The van der Waals surface area contributed by atoms with Crippen LogP contribution in [-0.4, -0.2) is 39.2 Å². The molecule has 182 valence electrons. The molecule has 5 unspecified atom stereocenters. The summed E-state index contributed by atoms with van der Waals surface area (Å²) in [7, 11) is 0. The summed E-state index contributed by atoms with van der Waals surface area (Å²) >= 11 is 1.15. The molecule has 7 heteroatoms. The van der Waals surface area contributed by atoms with Gasteiger partial charge in [0.25, 0.3) is 5.03 Å². The van der Waals surface area contributed by atoms with Gasteiger partial charge < -0.3 is 15.4 Å². The maximum atomic E-state index is 13.6. The molecule has 0 radical (unpaired) electrons. The third-order valence-corrected chi connectivity index (χ3v) is 10.7. The standard InChI is InChI=1S/C27H33NO5S/c1-16-12-20-19-8-7-17-13-18(29)9-10-25(17,2)24(19)21(30)14-26(20,3)27(16,32)22(31)15-34-23-6-4-5-11-28(23)33/h4-6,9-11,13,16,19-21,24,30,32H,7-8,12,14-15H2,1-3H3/t16-,19?,20?,21+,24?,25?,26?,27+/m1/s1. The zero-order valence-corrected chi connectivity index (χ0v) is 20.8. The van der Waals surface area contributed by atoms with E-state index >= 15 is 0 Å². The normalized spacial score (nSPS) is 43.0. The van der Waals surface area contributed by atoms with E-state index in [4.69, 9.17) is 0 Å². The van der Waals surface area contributed by atoms with Crippen molar-refractivity contribution in [2.45, 2.75) is 63.2 Å². The summed E-state index contributed by atoms with van der Waals surface area (Å²) in [6, 6.07) is 5.06. The number of ketones is 2. The van der Waals surface area contributed by atoms with E-state index in [-0.39, 0.29) is 46.4 Å². The number of hydrogen-bond donors (Lipinski definition) is 2. The lowest BCUT2D eigenvalue weighted by Gasteiger charge is -2.59. The lowest BCUT2D eigenvalue weighted by molar-refractivity contribution is -0.645. The summed E-state index contributed by atoms with van der Waals surface area (Å²) in [6.07, 6.45) is 8.73. The lowest BCUT2D eigenvalue weighted by atomic mass is 9.46. The number of carbonyl (C=O) groups excluding carboxylic acids is 2. The number of hydrogen-bond acceptors (Lipinski definition) is 6. The molecule has 4 aliphatic carbocycles. The number of Topliss-reactive ketones (excluding diaryl/α,β-unsaturated/α-hetero) is 1. The van der Waals surface area contributed by atoms with Gasteiger partial charge in [-0.2, -0.15) is 4.73 Å². The number of aliphatic hydroxyl groups excluding tert-OH is 1. The number of carbonyl (C=O) groups is 2. The Morgan fingerprint density at radius 2 is 2.09 bits per heavy atom. The van der Waals surface area contributed by atoms with Crippen LogP contribution in [0.1, 0.15) is 46.5 Å². The Labute approximate surface area is 204 Å². The predicted molar refractivity (Wildman–Crippen MR) is 129 cm³/mol. The number of pyridine rings is 1. The molecule has 5 rings (SSSR count). The molecule has 3 fully saturated rings. The first-order valence-corrected chi connectivity index (χ1v) is 13.2. The second-order valence-electron chi connectivity index (χ2n) is 11.2. The van der Waals surface area contributed by atoms with Crippen LogP contribution in [0.2, 0.25) is 0 Å². The van der Waals surface area contributed by atoms with Gasteiger partial charge in [-0.1, -0.05) is 32.4 Å². The van der Waals surface area contributed by atoms with Gasteiger partial charge in [-0.3, -0.25) is 9.59 Å². The molecule has 1 aromatic heterocycles. The van der Waals surface area contributed by atoms with Crippen LogP contribution in [0.3, 0.4) is 0 Å². The average Bonchev–Trinajstić information content (AvgIpc) is 3.00. The van der Waals surface area contributed by atoms with Crippen molar-refractivity contribution in [3.63, 3.8) is 0 Å². The van der Waals surface area contributed by atoms with E-state index < -0.39 is 17.1 Å². The molecule has 1 aromatic rings. The van der Waals surface area contributed by atoms with Crippen molar-refractivity contribution in [3.8, 4) is 0 Å². The van der Waals surface area contributed by atoms with Gasteiger partial charge in [0.1, 0.15) is 5.60 Å². The maximum Gasteiger partial charge on any atom is 0.251 e. The highest BCUT2D eigenvalue weighted by Gasteiger charge is 2.70. The Bertz CT molecular complexity index is 1100. The molecular formula is C27H33NO5S. The van der Waals surface area contributed by atoms with Crippen LogP contribution in [0.25, 0.3) is 0 Å². The van der Waals surface area contributed by atoms with Crippen molar-refractivity contribution in [1.29, 1.82) is 0 Å². The zero-order valence-electron chi connectivity index (χ0n) is 19.9. The molecule has 2 N–H and O–H groups in total. The number of aliphatic hydroxyl groups is 2. The van der Waals surface area contributed by atoms with E-state index in [0.717, 1.165) is 41.3 Å². The summed E-state index contributed by atoms with van der Waals surface area (Å²) < 4.78 is 0.732. The van der Waals surface area contributed by atoms with Crippen LogP contribution in [0, 0.1) is 39.7 Å². The van der Waals surface area contributed by atoms with Gasteiger partial charge in [0.05, 0.1) is 11.9 Å². The largest absolute Gasteiger partial charge is 0.618 e. The molecule has 3 saturated carbocycles. The topological polar surface area (TPSA) is 102 Å². The van der Waals surface area contributed by atoms with Gasteiger partial charge in [0, 0.05) is 28.9 Å². The molecule has 0 amide bonds. The fraction of sp³-hybridized carbons (Fsp3) is 0.593. The smallest absolute Gasteiger partial charge is 0.251 e. The molecule has 6 nitrogen and oxygen atoms in total. The van der Waals surface area contributed by atoms with Gasteiger partial charge >= 0.3 is 0 Å². The maximum absolute atomic E-state index is 13.6. The Morgan fingerprint density at radius 1 is 1.32 bits per heavy atom. The summed E-state index contributed by atoms with van der Waals surface area (Å²) in [5.74, 6) is -0.289. The minimum atomic E-state index is -1.56. The summed E-state index contributed by atoms with van der Waals surface area (Å²) in [5.41, 5.74) is -1.60. The average molecular weight is 484 g/mol. The third-order valence-electron chi connectivity index (χ3n) is 9.64. The van der Waals surface area contributed by atoms with Gasteiger partial charge in [0.2, 0.25) is 0 Å². The molecule has 0 bridgehead atoms. The Balaban J connectivity index is 1.44. The minimum absolute atomic E-state index is 0.00541. The summed E-state index contributed by atoms with van der Waals surface area (Å²) in [4.78, 5) is 25.6. The number of nitrogens with zero attached hydrogens (tertiary/aromatic N) is 1. The van der Waals surface area contributed by atoms with Gasteiger partial charge in [0.15, 0.2) is 17.8 Å². The highest BCUT2D eigenvalue weighted by Crippen LogP contribution is 2.68. The van der Waals surface area contributed by atoms with Crippen LogP contribution in [0.5, 0.6) is 0 Å². The Hall–Kier alpha value is -1.96. The highest BCUT2D eigenvalue weighted by molar-refractivity contribution is 7.99. The van der Waals surface area contributed by atoms with Crippen molar-refractivity contribution >= 4 is 23.3 Å². The van der Waals surface area contributed by atoms with Crippen LogP contribution < -0.4 is 4.73 Å². The first-order valence-electron chi connectivity index (χ1n) is 12.2. The van der Waals surface area contributed by atoms with E-state index in [2.05, 4.69) is 6.92 Å². The Morgan fingerprint density at radius 3 is 2.82 bits per heavy atom. The van der Waals surface area contributed by atoms with Crippen molar-refractivity contribution in [1.82, 2.24) is 0 Å². The van der Waals surface area contributed by atoms with Crippen molar-refractivity contribution < 1.29 is 24.5 Å². The van der Waals surface area contributed by atoms with Gasteiger partial charge in [-0.25, -0.2) is 0 Å². The summed E-state index contributed by atoms with van der Waals surface area (Å²) in [5, 5.41) is 36.0. The van der Waals surface area contributed by atoms with E-state index in [0.29, 0.717) is 11.4 Å². The fourth-order valence-electron chi connectivity index (χ4n) is 8.03. The van der Waals surface area contributed by atoms with Crippen LogP contribution in [-0.2, 0) is 9.59 Å². The molecule has 0 saturated heterocycles. The number of thioether (sulfide) groups is 1. The van der Waals surface area contributed by atoms with Crippen molar-refractivity contribution in [2.24, 2.45) is 34.5 Å². The van der Waals surface area contributed by atoms with Gasteiger partial charge in [-0.05, 0) is 73.4 Å². The number of fused-ring (bicyclic) bond motifs is 5. The molecule has 0 aromatic carbocycles. The highest BCUT2D eigenvalue weighted by atomic mass is 32.2. The van der Waals surface area contributed by atoms with E-state index in [1.807, 2.05) is 19.9 Å². The fourth-order valence-corrected chi connectivity index (χ4v) is 8.89. The second-order valence-corrected chi connectivity index (χ2v) is 12.2. The van der Waals surface area contributed by atoms with Crippen LogP contribution in [0.4, 0.5) is 0 Å². The minimum Gasteiger partial charge on any atom is -0.618 e.